The van der Waals surface area contributed by atoms with Gasteiger partial charge >= 0.3 is 0 Å². The SMILES string of the molecule is Cc1ccc(N2CC(c3ccccc3)N(O)C2c2ccc(Cl)cc2)cc1. The van der Waals surface area contributed by atoms with Gasteiger partial charge in [0.1, 0.15) is 6.17 Å². The molecule has 3 nitrogen and oxygen atoms in total. The Morgan fingerprint density at radius 1 is 0.846 bits per heavy atom. The lowest BCUT2D eigenvalue weighted by Crippen LogP contribution is -2.29. The Morgan fingerprint density at radius 3 is 2.15 bits per heavy atom. The molecule has 2 unspecified atom stereocenters. The molecule has 0 aliphatic carbocycles. The Balaban J connectivity index is 1.75. The van der Waals surface area contributed by atoms with E-state index in [0.717, 1.165) is 16.8 Å². The summed E-state index contributed by atoms with van der Waals surface area (Å²) < 4.78 is 0. The van der Waals surface area contributed by atoms with Crippen LogP contribution in [0.3, 0.4) is 0 Å². The number of aryl methyl sites for hydroxylation is 1. The summed E-state index contributed by atoms with van der Waals surface area (Å²) in [7, 11) is 0. The van der Waals surface area contributed by atoms with E-state index >= 15 is 0 Å². The number of nitrogens with zero attached hydrogens (tertiary/aromatic N) is 2. The molecule has 2 atom stereocenters. The smallest absolute Gasteiger partial charge is 0.132 e. The minimum absolute atomic E-state index is 0.0989. The zero-order valence-corrected chi connectivity index (χ0v) is 15.3. The maximum Gasteiger partial charge on any atom is 0.132 e. The molecule has 1 heterocycles. The average Bonchev–Trinajstić information content (AvgIpc) is 3.01. The highest BCUT2D eigenvalue weighted by atomic mass is 35.5. The minimum atomic E-state index is -0.264. The van der Waals surface area contributed by atoms with Gasteiger partial charge in [0.15, 0.2) is 0 Å². The van der Waals surface area contributed by atoms with Crippen LogP contribution in [0.25, 0.3) is 0 Å². The van der Waals surface area contributed by atoms with Crippen molar-refractivity contribution in [1.29, 1.82) is 0 Å². The highest BCUT2D eigenvalue weighted by Crippen LogP contribution is 2.42. The Morgan fingerprint density at radius 2 is 1.50 bits per heavy atom. The molecule has 4 heteroatoms. The van der Waals surface area contributed by atoms with Crippen LogP contribution in [0, 0.1) is 6.92 Å². The Hall–Kier alpha value is -2.33. The second-order valence-electron chi connectivity index (χ2n) is 6.72. The molecule has 132 valence electrons. The molecule has 1 aliphatic rings. The van der Waals surface area contributed by atoms with Gasteiger partial charge in [0.05, 0.1) is 6.04 Å². The van der Waals surface area contributed by atoms with Crippen LogP contribution in [0.2, 0.25) is 5.02 Å². The molecule has 1 fully saturated rings. The van der Waals surface area contributed by atoms with E-state index in [2.05, 4.69) is 48.2 Å². The molecule has 3 aromatic rings. The lowest BCUT2D eigenvalue weighted by molar-refractivity contribution is -0.135. The molecular weight excluding hydrogens is 344 g/mol. The highest BCUT2D eigenvalue weighted by molar-refractivity contribution is 6.30. The van der Waals surface area contributed by atoms with Gasteiger partial charge in [-0.15, -0.1) is 0 Å². The van der Waals surface area contributed by atoms with E-state index in [1.165, 1.54) is 10.6 Å². The van der Waals surface area contributed by atoms with E-state index in [1.54, 1.807) is 0 Å². The molecule has 1 N–H and O–H groups in total. The number of hydroxylamine groups is 2. The van der Waals surface area contributed by atoms with Gasteiger partial charge in [0.2, 0.25) is 0 Å². The van der Waals surface area contributed by atoms with E-state index in [9.17, 15) is 5.21 Å². The first-order valence-corrected chi connectivity index (χ1v) is 9.12. The molecule has 0 amide bonds. The first-order chi connectivity index (χ1) is 12.6. The third kappa shape index (κ3) is 3.21. The van der Waals surface area contributed by atoms with Gasteiger partial charge in [-0.3, -0.25) is 0 Å². The van der Waals surface area contributed by atoms with Gasteiger partial charge in [-0.2, -0.15) is 5.06 Å². The standard InChI is InChI=1S/C22H21ClN2O/c1-16-7-13-20(14-8-16)24-15-21(17-5-3-2-4-6-17)25(26)22(24)18-9-11-19(23)12-10-18/h2-14,21-22,26H,15H2,1H3. The van der Waals surface area contributed by atoms with Gasteiger partial charge in [0, 0.05) is 17.3 Å². The average molecular weight is 365 g/mol. The van der Waals surface area contributed by atoms with Crippen LogP contribution >= 0.6 is 11.6 Å². The van der Waals surface area contributed by atoms with E-state index in [0.29, 0.717) is 11.6 Å². The number of anilines is 1. The molecule has 0 spiro atoms. The van der Waals surface area contributed by atoms with Crippen LogP contribution in [0.4, 0.5) is 5.69 Å². The van der Waals surface area contributed by atoms with Crippen molar-refractivity contribution in [1.82, 2.24) is 5.06 Å². The normalized spacial score (nSPS) is 20.5. The molecule has 4 rings (SSSR count). The molecule has 1 aliphatic heterocycles. The van der Waals surface area contributed by atoms with Crippen molar-refractivity contribution in [2.24, 2.45) is 0 Å². The highest BCUT2D eigenvalue weighted by Gasteiger charge is 2.40. The number of benzene rings is 3. The molecular formula is C22H21ClN2O. The molecule has 0 radical (unpaired) electrons. The van der Waals surface area contributed by atoms with E-state index in [1.807, 2.05) is 42.5 Å². The van der Waals surface area contributed by atoms with Crippen LogP contribution in [-0.4, -0.2) is 16.8 Å². The fourth-order valence-corrected chi connectivity index (χ4v) is 3.69. The summed E-state index contributed by atoms with van der Waals surface area (Å²) in [6.45, 7) is 2.78. The number of hydrogen-bond donors (Lipinski definition) is 1. The molecule has 0 saturated carbocycles. The summed E-state index contributed by atoms with van der Waals surface area (Å²) in [6, 6.07) is 26.2. The van der Waals surface area contributed by atoms with Crippen molar-refractivity contribution in [3.05, 3.63) is 101 Å². The second kappa shape index (κ2) is 7.12. The zero-order valence-electron chi connectivity index (χ0n) is 14.6. The largest absolute Gasteiger partial charge is 0.348 e. The Kier molecular flexibility index (Phi) is 4.68. The first kappa shape index (κ1) is 17.1. The van der Waals surface area contributed by atoms with Crippen molar-refractivity contribution in [2.45, 2.75) is 19.1 Å². The van der Waals surface area contributed by atoms with Crippen LogP contribution < -0.4 is 4.90 Å². The predicted molar refractivity (Wildman–Crippen MR) is 106 cm³/mol. The van der Waals surface area contributed by atoms with Crippen LogP contribution in [0.5, 0.6) is 0 Å². The lowest BCUT2D eigenvalue weighted by atomic mass is 10.1. The summed E-state index contributed by atoms with van der Waals surface area (Å²) in [5.74, 6) is 0. The van der Waals surface area contributed by atoms with E-state index < -0.39 is 0 Å². The zero-order chi connectivity index (χ0) is 18.1. The Labute approximate surface area is 159 Å². The second-order valence-corrected chi connectivity index (χ2v) is 7.16. The van der Waals surface area contributed by atoms with E-state index in [-0.39, 0.29) is 12.2 Å². The van der Waals surface area contributed by atoms with Gasteiger partial charge in [-0.05, 0) is 42.3 Å². The first-order valence-electron chi connectivity index (χ1n) is 8.74. The van der Waals surface area contributed by atoms with Crippen molar-refractivity contribution in [3.8, 4) is 0 Å². The molecule has 0 aromatic heterocycles. The fraction of sp³-hybridized carbons (Fsp3) is 0.182. The van der Waals surface area contributed by atoms with Crippen LogP contribution in [0.1, 0.15) is 28.9 Å². The third-order valence-corrected chi connectivity index (χ3v) is 5.20. The lowest BCUT2D eigenvalue weighted by Gasteiger charge is -2.29. The molecule has 0 bridgehead atoms. The fourth-order valence-electron chi connectivity index (χ4n) is 3.57. The minimum Gasteiger partial charge on any atom is -0.348 e. The topological polar surface area (TPSA) is 26.7 Å². The van der Waals surface area contributed by atoms with Crippen LogP contribution in [0.15, 0.2) is 78.9 Å². The maximum atomic E-state index is 11.1. The third-order valence-electron chi connectivity index (χ3n) is 4.95. The van der Waals surface area contributed by atoms with Crippen LogP contribution in [-0.2, 0) is 0 Å². The van der Waals surface area contributed by atoms with E-state index in [4.69, 9.17) is 11.6 Å². The summed E-state index contributed by atoms with van der Waals surface area (Å²) in [6.07, 6.45) is -0.264. The number of halogens is 1. The molecule has 26 heavy (non-hydrogen) atoms. The van der Waals surface area contributed by atoms with Gasteiger partial charge in [-0.1, -0.05) is 71.8 Å². The van der Waals surface area contributed by atoms with Gasteiger partial charge in [0.25, 0.3) is 0 Å². The number of hydrogen-bond acceptors (Lipinski definition) is 3. The summed E-state index contributed by atoms with van der Waals surface area (Å²) in [4.78, 5) is 2.24. The predicted octanol–water partition coefficient (Wildman–Crippen LogP) is 5.60. The summed E-state index contributed by atoms with van der Waals surface area (Å²) in [5, 5.41) is 13.2. The monoisotopic (exact) mass is 364 g/mol. The van der Waals surface area contributed by atoms with Crippen molar-refractivity contribution >= 4 is 17.3 Å². The Bertz CT molecular complexity index is 865. The van der Waals surface area contributed by atoms with Gasteiger partial charge in [-0.25, -0.2) is 0 Å². The summed E-state index contributed by atoms with van der Waals surface area (Å²) in [5.41, 5.74) is 4.42. The summed E-state index contributed by atoms with van der Waals surface area (Å²) >= 11 is 6.06. The molecule has 3 aromatic carbocycles. The van der Waals surface area contributed by atoms with Crippen molar-refractivity contribution in [3.63, 3.8) is 0 Å². The quantitative estimate of drug-likeness (QED) is 0.655. The number of rotatable bonds is 3. The maximum absolute atomic E-state index is 11.1. The van der Waals surface area contributed by atoms with Gasteiger partial charge < -0.3 is 10.1 Å². The van der Waals surface area contributed by atoms with Crippen molar-refractivity contribution in [2.75, 3.05) is 11.4 Å². The van der Waals surface area contributed by atoms with Crippen molar-refractivity contribution < 1.29 is 5.21 Å². The molecule has 1 saturated heterocycles.